The molecule has 114 valence electrons. The lowest BCUT2D eigenvalue weighted by Gasteiger charge is -2.19. The Bertz CT molecular complexity index is 607. The van der Waals surface area contributed by atoms with Gasteiger partial charge in [0.1, 0.15) is 0 Å². The quantitative estimate of drug-likeness (QED) is 0.683. The Balaban J connectivity index is 2.23. The Morgan fingerprint density at radius 1 is 1.14 bits per heavy atom. The van der Waals surface area contributed by atoms with Gasteiger partial charge in [0.05, 0.1) is 8.67 Å². The van der Waals surface area contributed by atoms with Crippen LogP contribution in [-0.4, -0.2) is 6.54 Å². The lowest BCUT2D eigenvalue weighted by Crippen LogP contribution is -2.24. The van der Waals surface area contributed by atoms with E-state index in [-0.39, 0.29) is 6.04 Å². The predicted octanol–water partition coefficient (Wildman–Crippen LogP) is 5.96. The fourth-order valence-electron chi connectivity index (χ4n) is 2.37. The van der Waals surface area contributed by atoms with Crippen LogP contribution >= 0.6 is 34.5 Å². The zero-order chi connectivity index (χ0) is 15.4. The van der Waals surface area contributed by atoms with Crippen molar-refractivity contribution in [3.63, 3.8) is 0 Å². The van der Waals surface area contributed by atoms with Crippen molar-refractivity contribution in [3.8, 4) is 0 Å². The summed E-state index contributed by atoms with van der Waals surface area (Å²) in [4.78, 5) is 0. The highest BCUT2D eigenvalue weighted by Gasteiger charge is 2.17. The maximum atomic E-state index is 6.34. The van der Waals surface area contributed by atoms with Crippen molar-refractivity contribution in [2.75, 3.05) is 6.54 Å². The molecule has 0 spiro atoms. The van der Waals surface area contributed by atoms with Gasteiger partial charge in [-0.25, -0.2) is 0 Å². The smallest absolute Gasteiger partial charge is 0.0992 e. The van der Waals surface area contributed by atoms with Crippen molar-refractivity contribution >= 4 is 34.5 Å². The average Bonchev–Trinajstić information content (AvgIpc) is 2.77. The first-order valence-electron chi connectivity index (χ1n) is 7.25. The number of rotatable bonds is 6. The molecule has 0 aliphatic heterocycles. The molecule has 21 heavy (non-hydrogen) atoms. The van der Waals surface area contributed by atoms with Crippen LogP contribution in [0.2, 0.25) is 8.67 Å². The van der Waals surface area contributed by atoms with E-state index in [4.69, 9.17) is 23.2 Å². The van der Waals surface area contributed by atoms with E-state index >= 15 is 0 Å². The SMILES string of the molecule is CCCNC(Cc1ccc(C)c(C)c1)c1cc(Cl)sc1Cl. The van der Waals surface area contributed by atoms with E-state index < -0.39 is 0 Å². The minimum Gasteiger partial charge on any atom is -0.310 e. The van der Waals surface area contributed by atoms with E-state index in [1.165, 1.54) is 28.0 Å². The third-order valence-electron chi connectivity index (χ3n) is 3.71. The highest BCUT2D eigenvalue weighted by atomic mass is 35.5. The van der Waals surface area contributed by atoms with Gasteiger partial charge in [0.2, 0.25) is 0 Å². The van der Waals surface area contributed by atoms with Crippen LogP contribution in [0, 0.1) is 13.8 Å². The zero-order valence-corrected chi connectivity index (χ0v) is 15.0. The van der Waals surface area contributed by atoms with Gasteiger partial charge in [-0.2, -0.15) is 0 Å². The first kappa shape index (κ1) is 16.8. The molecule has 0 fully saturated rings. The first-order valence-corrected chi connectivity index (χ1v) is 8.82. The lowest BCUT2D eigenvalue weighted by atomic mass is 9.98. The zero-order valence-electron chi connectivity index (χ0n) is 12.7. The second-order valence-corrected chi connectivity index (χ2v) is 7.69. The number of aryl methyl sites for hydroxylation is 2. The van der Waals surface area contributed by atoms with Gasteiger partial charge in [0.25, 0.3) is 0 Å². The summed E-state index contributed by atoms with van der Waals surface area (Å²) in [5.41, 5.74) is 5.09. The molecule has 1 aromatic heterocycles. The van der Waals surface area contributed by atoms with Gasteiger partial charge >= 0.3 is 0 Å². The Kier molecular flexibility index (Phi) is 6.12. The Morgan fingerprint density at radius 3 is 2.48 bits per heavy atom. The van der Waals surface area contributed by atoms with Crippen LogP contribution in [0.5, 0.6) is 0 Å². The van der Waals surface area contributed by atoms with E-state index in [0.717, 1.165) is 33.6 Å². The van der Waals surface area contributed by atoms with E-state index in [1.807, 2.05) is 6.07 Å². The van der Waals surface area contributed by atoms with Gasteiger partial charge in [0.15, 0.2) is 0 Å². The standard InChI is InChI=1S/C17H21Cl2NS/c1-4-7-20-15(14-10-16(18)21-17(14)19)9-13-6-5-11(2)12(3)8-13/h5-6,8,10,15,20H,4,7,9H2,1-3H3. The molecule has 1 N–H and O–H groups in total. The second kappa shape index (κ2) is 7.64. The molecule has 1 nitrogen and oxygen atoms in total. The van der Waals surface area contributed by atoms with Crippen molar-refractivity contribution in [2.24, 2.45) is 0 Å². The summed E-state index contributed by atoms with van der Waals surface area (Å²) < 4.78 is 1.54. The van der Waals surface area contributed by atoms with Gasteiger partial charge in [-0.15, -0.1) is 11.3 Å². The molecule has 0 aliphatic carbocycles. The van der Waals surface area contributed by atoms with E-state index in [9.17, 15) is 0 Å². The van der Waals surface area contributed by atoms with Crippen LogP contribution < -0.4 is 5.32 Å². The number of hydrogen-bond donors (Lipinski definition) is 1. The van der Waals surface area contributed by atoms with E-state index in [2.05, 4.69) is 44.3 Å². The first-order chi connectivity index (χ1) is 10.0. The number of thiophene rings is 1. The van der Waals surface area contributed by atoms with Crippen molar-refractivity contribution < 1.29 is 0 Å². The third-order valence-corrected chi connectivity index (χ3v) is 5.23. The highest BCUT2D eigenvalue weighted by molar-refractivity contribution is 7.20. The molecule has 4 heteroatoms. The Hall–Kier alpha value is -0.540. The average molecular weight is 342 g/mol. The maximum Gasteiger partial charge on any atom is 0.0992 e. The topological polar surface area (TPSA) is 12.0 Å². The van der Waals surface area contributed by atoms with Gasteiger partial charge in [-0.1, -0.05) is 48.3 Å². The summed E-state index contributed by atoms with van der Waals surface area (Å²) in [5.74, 6) is 0. The molecule has 1 atom stereocenters. The summed E-state index contributed by atoms with van der Waals surface area (Å²) in [6.45, 7) is 7.44. The molecule has 1 unspecified atom stereocenters. The number of benzene rings is 1. The van der Waals surface area contributed by atoms with Crippen LogP contribution in [0.15, 0.2) is 24.3 Å². The molecule has 2 aromatic rings. The van der Waals surface area contributed by atoms with Crippen molar-refractivity contribution in [2.45, 2.75) is 39.7 Å². The maximum absolute atomic E-state index is 6.34. The van der Waals surface area contributed by atoms with Gasteiger partial charge in [-0.3, -0.25) is 0 Å². The van der Waals surface area contributed by atoms with Crippen LogP contribution in [0.1, 0.15) is 41.6 Å². The predicted molar refractivity (Wildman–Crippen MR) is 95.0 cm³/mol. The fourth-order valence-corrected chi connectivity index (χ4v) is 3.95. The van der Waals surface area contributed by atoms with E-state index in [1.54, 1.807) is 0 Å². The van der Waals surface area contributed by atoms with Crippen LogP contribution in [0.3, 0.4) is 0 Å². The Labute approximate surface area is 141 Å². The van der Waals surface area contributed by atoms with Crippen molar-refractivity contribution in [3.05, 3.63) is 55.2 Å². The van der Waals surface area contributed by atoms with Crippen LogP contribution in [0.25, 0.3) is 0 Å². The minimum atomic E-state index is 0.211. The molecular formula is C17H21Cl2NS. The fraction of sp³-hybridized carbons (Fsp3) is 0.412. The highest BCUT2D eigenvalue weighted by Crippen LogP contribution is 2.36. The lowest BCUT2D eigenvalue weighted by molar-refractivity contribution is 0.530. The largest absolute Gasteiger partial charge is 0.310 e. The van der Waals surface area contributed by atoms with Gasteiger partial charge < -0.3 is 5.32 Å². The molecule has 1 aromatic carbocycles. The molecule has 0 aliphatic rings. The number of nitrogens with one attached hydrogen (secondary N) is 1. The molecule has 0 saturated carbocycles. The van der Waals surface area contributed by atoms with Gasteiger partial charge in [-0.05, 0) is 56.0 Å². The second-order valence-electron chi connectivity index (χ2n) is 5.41. The van der Waals surface area contributed by atoms with Gasteiger partial charge in [0, 0.05) is 11.6 Å². The monoisotopic (exact) mass is 341 g/mol. The summed E-state index contributed by atoms with van der Waals surface area (Å²) in [5, 5.41) is 3.59. The molecule has 1 heterocycles. The van der Waals surface area contributed by atoms with Crippen molar-refractivity contribution in [1.82, 2.24) is 5.32 Å². The van der Waals surface area contributed by atoms with Crippen LogP contribution in [-0.2, 0) is 6.42 Å². The van der Waals surface area contributed by atoms with Crippen molar-refractivity contribution in [1.29, 1.82) is 0 Å². The molecule has 2 rings (SSSR count). The molecule has 0 radical (unpaired) electrons. The molecule has 0 saturated heterocycles. The van der Waals surface area contributed by atoms with E-state index in [0.29, 0.717) is 0 Å². The molecule has 0 amide bonds. The normalized spacial score (nSPS) is 12.6. The summed E-state index contributed by atoms with van der Waals surface area (Å²) in [6, 6.07) is 8.85. The number of halogens is 2. The molecule has 0 bridgehead atoms. The molecular weight excluding hydrogens is 321 g/mol. The third kappa shape index (κ3) is 4.46. The summed E-state index contributed by atoms with van der Waals surface area (Å²) >= 11 is 13.9. The van der Waals surface area contributed by atoms with Crippen LogP contribution in [0.4, 0.5) is 0 Å². The number of hydrogen-bond acceptors (Lipinski definition) is 2. The minimum absolute atomic E-state index is 0.211. The summed E-state index contributed by atoms with van der Waals surface area (Å²) in [7, 11) is 0. The summed E-state index contributed by atoms with van der Waals surface area (Å²) in [6.07, 6.45) is 2.02. The Morgan fingerprint density at radius 2 is 1.90 bits per heavy atom.